The highest BCUT2D eigenvalue weighted by molar-refractivity contribution is 6.30. The third-order valence-electron chi connectivity index (χ3n) is 5.25. The van der Waals surface area contributed by atoms with Crippen molar-refractivity contribution in [3.05, 3.63) is 100 Å². The maximum atomic E-state index is 12.8. The smallest absolute Gasteiger partial charge is 0.262 e. The van der Waals surface area contributed by atoms with Gasteiger partial charge in [-0.3, -0.25) is 9.59 Å². The van der Waals surface area contributed by atoms with Crippen LogP contribution in [0.1, 0.15) is 47.3 Å². The van der Waals surface area contributed by atoms with Gasteiger partial charge < -0.3 is 10.1 Å². The second kappa shape index (κ2) is 12.7. The van der Waals surface area contributed by atoms with Crippen LogP contribution in [0.3, 0.4) is 0 Å². The summed E-state index contributed by atoms with van der Waals surface area (Å²) in [6.07, 6.45) is 2.01. The van der Waals surface area contributed by atoms with Gasteiger partial charge in [0.25, 0.3) is 11.8 Å². The number of para-hydroxylation sites is 1. The van der Waals surface area contributed by atoms with Crippen molar-refractivity contribution in [1.82, 2.24) is 10.7 Å². The minimum Gasteiger partial charge on any atom is -0.488 e. The van der Waals surface area contributed by atoms with Crippen LogP contribution in [0.15, 0.2) is 77.9 Å². The summed E-state index contributed by atoms with van der Waals surface area (Å²) in [6.45, 7) is 6.43. The van der Waals surface area contributed by atoms with Crippen LogP contribution >= 0.6 is 11.6 Å². The number of benzene rings is 3. The van der Waals surface area contributed by atoms with Crippen LogP contribution in [-0.4, -0.2) is 24.1 Å². The number of nitrogens with one attached hydrogen (secondary N) is 2. The lowest BCUT2D eigenvalue weighted by Crippen LogP contribution is -2.46. The van der Waals surface area contributed by atoms with Crippen molar-refractivity contribution in [1.29, 1.82) is 0 Å². The summed E-state index contributed by atoms with van der Waals surface area (Å²) in [5.74, 6) is 0.105. The highest BCUT2D eigenvalue weighted by Crippen LogP contribution is 2.18. The van der Waals surface area contributed by atoms with Gasteiger partial charge in [-0.05, 0) is 61.2 Å². The van der Waals surface area contributed by atoms with E-state index in [0.29, 0.717) is 29.4 Å². The quantitative estimate of drug-likeness (QED) is 0.289. The number of halogens is 1. The van der Waals surface area contributed by atoms with E-state index in [1.165, 1.54) is 11.8 Å². The molecular weight excluding hydrogens is 462 g/mol. The predicted octanol–water partition coefficient (Wildman–Crippen LogP) is 5.52. The second-order valence-corrected chi connectivity index (χ2v) is 9.15. The lowest BCUT2D eigenvalue weighted by molar-refractivity contribution is -0.123. The first-order valence-electron chi connectivity index (χ1n) is 11.5. The predicted molar refractivity (Wildman–Crippen MR) is 140 cm³/mol. The van der Waals surface area contributed by atoms with Crippen molar-refractivity contribution in [3.63, 3.8) is 0 Å². The fraction of sp³-hybridized carbons (Fsp3) is 0.250. The van der Waals surface area contributed by atoms with Crippen LogP contribution in [0, 0.1) is 12.8 Å². The number of hydrogen-bond acceptors (Lipinski definition) is 4. The summed E-state index contributed by atoms with van der Waals surface area (Å²) in [4.78, 5) is 25.4. The first-order chi connectivity index (χ1) is 16.8. The van der Waals surface area contributed by atoms with Gasteiger partial charge in [-0.15, -0.1) is 0 Å². The summed E-state index contributed by atoms with van der Waals surface area (Å²) in [5.41, 5.74) is 5.96. The van der Waals surface area contributed by atoms with Gasteiger partial charge in [0.2, 0.25) is 0 Å². The SMILES string of the molecule is Cc1ccc(COc2ccccc2C=NNC(=O)C(CC(C)C)NC(=O)c2ccc(Cl)cc2)cc1. The van der Waals surface area contributed by atoms with E-state index < -0.39 is 11.9 Å². The first kappa shape index (κ1) is 26.0. The molecule has 1 unspecified atom stereocenters. The fourth-order valence-corrected chi connectivity index (χ4v) is 3.48. The molecule has 3 aromatic carbocycles. The number of rotatable bonds is 10. The fourth-order valence-electron chi connectivity index (χ4n) is 3.35. The third kappa shape index (κ3) is 8.26. The third-order valence-corrected chi connectivity index (χ3v) is 5.50. The zero-order valence-electron chi connectivity index (χ0n) is 20.1. The van der Waals surface area contributed by atoms with Gasteiger partial charge in [0.05, 0.1) is 6.21 Å². The Kier molecular flexibility index (Phi) is 9.44. The highest BCUT2D eigenvalue weighted by Gasteiger charge is 2.22. The summed E-state index contributed by atoms with van der Waals surface area (Å²) < 4.78 is 5.96. The minimum absolute atomic E-state index is 0.191. The molecule has 0 aliphatic heterocycles. The number of carbonyl (C=O) groups is 2. The number of amides is 2. The lowest BCUT2D eigenvalue weighted by atomic mass is 10.0. The molecule has 7 heteroatoms. The number of nitrogens with zero attached hydrogens (tertiary/aromatic N) is 1. The highest BCUT2D eigenvalue weighted by atomic mass is 35.5. The summed E-state index contributed by atoms with van der Waals surface area (Å²) in [7, 11) is 0. The maximum absolute atomic E-state index is 12.8. The standard InChI is InChI=1S/C28H30ClN3O3/c1-19(2)16-25(31-27(33)22-12-14-24(29)15-13-22)28(34)32-30-17-23-6-4-5-7-26(23)35-18-21-10-8-20(3)9-11-21/h4-15,17,19,25H,16,18H2,1-3H3,(H,31,33)(H,32,34). The molecule has 0 aliphatic carbocycles. The van der Waals surface area contributed by atoms with Gasteiger partial charge in [-0.25, -0.2) is 5.43 Å². The maximum Gasteiger partial charge on any atom is 0.262 e. The molecule has 35 heavy (non-hydrogen) atoms. The Bertz CT molecular complexity index is 1160. The van der Waals surface area contributed by atoms with E-state index in [1.54, 1.807) is 24.3 Å². The molecule has 6 nitrogen and oxygen atoms in total. The number of ether oxygens (including phenoxy) is 1. The summed E-state index contributed by atoms with van der Waals surface area (Å²) >= 11 is 5.90. The van der Waals surface area contributed by atoms with Gasteiger partial charge in [0.1, 0.15) is 18.4 Å². The van der Waals surface area contributed by atoms with Crippen LogP contribution in [0.2, 0.25) is 5.02 Å². The molecular formula is C28H30ClN3O3. The normalized spacial score (nSPS) is 11.9. The van der Waals surface area contributed by atoms with E-state index in [9.17, 15) is 9.59 Å². The van der Waals surface area contributed by atoms with Crippen LogP contribution in [0.5, 0.6) is 5.75 Å². The van der Waals surface area contributed by atoms with E-state index in [-0.39, 0.29) is 11.8 Å². The molecule has 1 atom stereocenters. The first-order valence-corrected chi connectivity index (χ1v) is 11.9. The van der Waals surface area contributed by atoms with Crippen molar-refractivity contribution in [2.24, 2.45) is 11.0 Å². The zero-order valence-corrected chi connectivity index (χ0v) is 20.9. The molecule has 0 heterocycles. The molecule has 0 radical (unpaired) electrons. The Morgan fingerprint density at radius 1 is 1.00 bits per heavy atom. The molecule has 0 bridgehead atoms. The lowest BCUT2D eigenvalue weighted by Gasteiger charge is -2.19. The number of aryl methyl sites for hydroxylation is 1. The zero-order chi connectivity index (χ0) is 25.2. The van der Waals surface area contributed by atoms with E-state index in [2.05, 4.69) is 15.8 Å². The van der Waals surface area contributed by atoms with Crippen molar-refractivity contribution in [3.8, 4) is 5.75 Å². The molecule has 0 aliphatic rings. The van der Waals surface area contributed by atoms with Crippen molar-refractivity contribution < 1.29 is 14.3 Å². The Hall–Kier alpha value is -3.64. The van der Waals surface area contributed by atoms with Crippen molar-refractivity contribution >= 4 is 29.6 Å². The van der Waals surface area contributed by atoms with E-state index in [1.807, 2.05) is 69.3 Å². The molecule has 2 N–H and O–H groups in total. The van der Waals surface area contributed by atoms with Gasteiger partial charge >= 0.3 is 0 Å². The van der Waals surface area contributed by atoms with Gasteiger partial charge in [0, 0.05) is 16.1 Å². The van der Waals surface area contributed by atoms with Crippen molar-refractivity contribution in [2.75, 3.05) is 0 Å². The van der Waals surface area contributed by atoms with Crippen LogP contribution in [0.25, 0.3) is 0 Å². The largest absolute Gasteiger partial charge is 0.488 e. The van der Waals surface area contributed by atoms with Gasteiger partial charge in [-0.2, -0.15) is 5.10 Å². The molecule has 3 rings (SSSR count). The molecule has 0 fully saturated rings. The molecule has 0 saturated carbocycles. The van der Waals surface area contributed by atoms with E-state index >= 15 is 0 Å². The topological polar surface area (TPSA) is 79.8 Å². The number of hydrogen-bond donors (Lipinski definition) is 2. The Balaban J connectivity index is 1.63. The molecule has 3 aromatic rings. The average Bonchev–Trinajstić information content (AvgIpc) is 2.84. The second-order valence-electron chi connectivity index (χ2n) is 8.71. The van der Waals surface area contributed by atoms with Crippen LogP contribution in [-0.2, 0) is 11.4 Å². The van der Waals surface area contributed by atoms with E-state index in [4.69, 9.17) is 16.3 Å². The summed E-state index contributed by atoms with van der Waals surface area (Å²) in [5, 5.41) is 7.45. The van der Waals surface area contributed by atoms with E-state index in [0.717, 1.165) is 11.1 Å². The molecule has 0 aromatic heterocycles. The van der Waals surface area contributed by atoms with Crippen LogP contribution in [0.4, 0.5) is 0 Å². The average molecular weight is 492 g/mol. The molecule has 0 saturated heterocycles. The minimum atomic E-state index is -0.733. The molecule has 182 valence electrons. The van der Waals surface area contributed by atoms with Gasteiger partial charge in [-0.1, -0.05) is 67.4 Å². The Morgan fingerprint density at radius 3 is 2.37 bits per heavy atom. The van der Waals surface area contributed by atoms with Crippen molar-refractivity contribution in [2.45, 2.75) is 39.8 Å². The number of carbonyl (C=O) groups excluding carboxylic acids is 2. The van der Waals surface area contributed by atoms with Gasteiger partial charge in [0.15, 0.2) is 0 Å². The monoisotopic (exact) mass is 491 g/mol. The summed E-state index contributed by atoms with van der Waals surface area (Å²) in [6, 6.07) is 21.4. The Morgan fingerprint density at radius 2 is 1.69 bits per heavy atom. The molecule has 2 amide bonds. The van der Waals surface area contributed by atoms with Crippen LogP contribution < -0.4 is 15.5 Å². The molecule has 0 spiro atoms. The Labute approximate surface area is 211 Å². The number of hydrazone groups is 1.